The van der Waals surface area contributed by atoms with Crippen LogP contribution >= 0.6 is 0 Å². The van der Waals surface area contributed by atoms with E-state index in [1.54, 1.807) is 0 Å². The quantitative estimate of drug-likeness (QED) is 0.632. The van der Waals surface area contributed by atoms with Crippen LogP contribution < -0.4 is 5.56 Å². The van der Waals surface area contributed by atoms with Gasteiger partial charge in [0.1, 0.15) is 5.82 Å². The number of carboxylic acids is 1. The summed E-state index contributed by atoms with van der Waals surface area (Å²) in [5.74, 6) is -0.803. The van der Waals surface area contributed by atoms with Crippen molar-refractivity contribution in [1.29, 1.82) is 0 Å². The molecular weight excluding hydrogens is 513 g/mol. The van der Waals surface area contributed by atoms with E-state index in [4.69, 9.17) is 14.9 Å². The van der Waals surface area contributed by atoms with Crippen molar-refractivity contribution in [2.75, 3.05) is 19.6 Å². The number of rotatable bonds is 4. The Morgan fingerprint density at radius 3 is 2.36 bits per heavy atom. The average molecular weight is 547 g/mol. The van der Waals surface area contributed by atoms with E-state index in [2.05, 4.69) is 34.1 Å². The van der Waals surface area contributed by atoms with Gasteiger partial charge in [-0.2, -0.15) is 13.2 Å². The summed E-state index contributed by atoms with van der Waals surface area (Å²) in [6.45, 7) is 4.94. The van der Waals surface area contributed by atoms with Gasteiger partial charge in [0.25, 0.3) is 5.56 Å². The fourth-order valence-electron chi connectivity index (χ4n) is 5.88. The Labute approximate surface area is 224 Å². The number of hydrogen-bond donors (Lipinski definition) is 1. The van der Waals surface area contributed by atoms with E-state index in [-0.39, 0.29) is 11.0 Å². The maximum absolute atomic E-state index is 13.5. The van der Waals surface area contributed by atoms with Crippen LogP contribution in [-0.4, -0.2) is 62.1 Å². The van der Waals surface area contributed by atoms with Gasteiger partial charge in [0, 0.05) is 58.5 Å². The maximum atomic E-state index is 13.5. The first-order valence-corrected chi connectivity index (χ1v) is 13.5. The Morgan fingerprint density at radius 2 is 1.74 bits per heavy atom. The Bertz CT molecular complexity index is 1280. The Balaban J connectivity index is 0.000000392. The zero-order valence-electron chi connectivity index (χ0n) is 21.8. The summed E-state index contributed by atoms with van der Waals surface area (Å²) < 4.78 is 33.7. The molecule has 1 saturated carbocycles. The van der Waals surface area contributed by atoms with Gasteiger partial charge in [-0.15, -0.1) is 0 Å². The van der Waals surface area contributed by atoms with Crippen molar-refractivity contribution >= 4 is 11.9 Å². The summed E-state index contributed by atoms with van der Waals surface area (Å²) in [5, 5.41) is 7.12. The first-order chi connectivity index (χ1) is 18.5. The molecule has 1 amide bonds. The standard InChI is InChI=1S/C26H32N4O2.C2HF3O2/c31-24(14-19-6-7-19)29-12-9-26(10-13-29)15-23-27-22-8-11-28(16-20-4-2-1-3-5-20)17-21(22)25(32)30(23)18-26;3-2(4,5)1(6)7/h1-5,19H,6-18H2;(H,6,7). The number of fused-ring (bicyclic) bond motifs is 2. The predicted octanol–water partition coefficient (Wildman–Crippen LogP) is 3.40. The molecule has 1 saturated heterocycles. The van der Waals surface area contributed by atoms with Gasteiger partial charge in [-0.1, -0.05) is 30.3 Å². The molecule has 1 aliphatic carbocycles. The molecule has 1 aromatic heterocycles. The van der Waals surface area contributed by atoms with Gasteiger partial charge < -0.3 is 10.0 Å². The first-order valence-electron chi connectivity index (χ1n) is 13.5. The average Bonchev–Trinajstić information content (AvgIpc) is 3.64. The number of carbonyl (C=O) groups excluding carboxylic acids is 1. The van der Waals surface area contributed by atoms with Crippen molar-refractivity contribution in [1.82, 2.24) is 19.4 Å². The maximum Gasteiger partial charge on any atom is 0.490 e. The number of piperidine rings is 1. The van der Waals surface area contributed by atoms with Crippen LogP contribution in [0, 0.1) is 11.3 Å². The molecular formula is C28H33F3N4O4. The highest BCUT2D eigenvalue weighted by Gasteiger charge is 2.43. The fourth-order valence-corrected chi connectivity index (χ4v) is 5.88. The molecule has 8 nitrogen and oxygen atoms in total. The van der Waals surface area contributed by atoms with Crippen LogP contribution in [0.25, 0.3) is 0 Å². The van der Waals surface area contributed by atoms with E-state index in [1.807, 2.05) is 10.6 Å². The molecule has 0 atom stereocenters. The molecule has 1 aromatic carbocycles. The van der Waals surface area contributed by atoms with Crippen LogP contribution in [0.4, 0.5) is 13.2 Å². The van der Waals surface area contributed by atoms with Gasteiger partial charge in [-0.25, -0.2) is 9.78 Å². The number of nitrogens with zero attached hydrogens (tertiary/aromatic N) is 4. The summed E-state index contributed by atoms with van der Waals surface area (Å²) >= 11 is 0. The number of alkyl halides is 3. The van der Waals surface area contributed by atoms with Crippen LogP contribution in [0.2, 0.25) is 0 Å². The van der Waals surface area contributed by atoms with E-state index in [0.717, 1.165) is 81.9 Å². The molecule has 1 spiro atoms. The molecule has 2 aromatic rings. The normalized spacial score (nSPS) is 20.1. The minimum absolute atomic E-state index is 0.100. The van der Waals surface area contributed by atoms with E-state index >= 15 is 0 Å². The molecule has 4 heterocycles. The first kappa shape index (κ1) is 27.4. The van der Waals surface area contributed by atoms with Crippen molar-refractivity contribution in [3.05, 3.63) is 63.3 Å². The van der Waals surface area contributed by atoms with Gasteiger partial charge in [0.2, 0.25) is 5.91 Å². The highest BCUT2D eigenvalue weighted by molar-refractivity contribution is 5.76. The van der Waals surface area contributed by atoms with Crippen molar-refractivity contribution < 1.29 is 27.9 Å². The molecule has 0 radical (unpaired) electrons. The summed E-state index contributed by atoms with van der Waals surface area (Å²) in [6, 6.07) is 10.5. The topological polar surface area (TPSA) is 95.7 Å². The minimum Gasteiger partial charge on any atom is -0.475 e. The molecule has 39 heavy (non-hydrogen) atoms. The van der Waals surface area contributed by atoms with E-state index < -0.39 is 12.1 Å². The highest BCUT2D eigenvalue weighted by Crippen LogP contribution is 2.41. The third kappa shape index (κ3) is 6.34. The molecule has 2 fully saturated rings. The molecule has 11 heteroatoms. The molecule has 210 valence electrons. The molecule has 0 bridgehead atoms. The summed E-state index contributed by atoms with van der Waals surface area (Å²) in [6.07, 6.45) is 1.80. The number of hydrogen-bond acceptors (Lipinski definition) is 5. The van der Waals surface area contributed by atoms with Gasteiger partial charge in [-0.05, 0) is 42.6 Å². The third-order valence-electron chi connectivity index (χ3n) is 8.33. The largest absolute Gasteiger partial charge is 0.490 e. The fraction of sp³-hybridized carbons (Fsp3) is 0.571. The zero-order valence-corrected chi connectivity index (χ0v) is 21.8. The Kier molecular flexibility index (Phi) is 7.54. The number of halogens is 3. The van der Waals surface area contributed by atoms with Crippen LogP contribution in [0.3, 0.4) is 0 Å². The van der Waals surface area contributed by atoms with E-state index in [0.29, 0.717) is 18.4 Å². The zero-order chi connectivity index (χ0) is 27.8. The number of carbonyl (C=O) groups is 2. The number of aliphatic carboxylic acids is 1. The van der Waals surface area contributed by atoms with E-state index in [1.165, 1.54) is 18.4 Å². The van der Waals surface area contributed by atoms with Crippen LogP contribution in [0.1, 0.15) is 54.7 Å². The molecule has 1 N–H and O–H groups in total. The second-order valence-electron chi connectivity index (χ2n) is 11.3. The molecule has 0 unspecified atom stereocenters. The monoisotopic (exact) mass is 546 g/mol. The summed E-state index contributed by atoms with van der Waals surface area (Å²) in [5.41, 5.74) is 3.46. The SMILES string of the molecule is O=C(CC1CC1)N1CCC2(CC1)Cc1nc3c(c(=O)n1C2)CN(Cc1ccccc1)CC3.O=C(O)C(F)(F)F. The van der Waals surface area contributed by atoms with Gasteiger partial charge in [0.15, 0.2) is 0 Å². The summed E-state index contributed by atoms with van der Waals surface area (Å²) in [7, 11) is 0. The van der Waals surface area contributed by atoms with Gasteiger partial charge in [0.05, 0.1) is 11.3 Å². The van der Waals surface area contributed by atoms with Crippen LogP contribution in [-0.2, 0) is 42.1 Å². The smallest absolute Gasteiger partial charge is 0.475 e. The van der Waals surface area contributed by atoms with E-state index in [9.17, 15) is 22.8 Å². The third-order valence-corrected chi connectivity index (χ3v) is 8.33. The number of likely N-dealkylation sites (tertiary alicyclic amines) is 1. The van der Waals surface area contributed by atoms with Gasteiger partial charge in [-0.3, -0.25) is 19.1 Å². The van der Waals surface area contributed by atoms with Crippen molar-refractivity contribution in [2.24, 2.45) is 11.3 Å². The van der Waals surface area contributed by atoms with Crippen LogP contribution in [0.5, 0.6) is 0 Å². The summed E-state index contributed by atoms with van der Waals surface area (Å²) in [4.78, 5) is 44.3. The second-order valence-corrected chi connectivity index (χ2v) is 11.3. The van der Waals surface area contributed by atoms with Crippen LogP contribution in [0.15, 0.2) is 35.1 Å². The lowest BCUT2D eigenvalue weighted by molar-refractivity contribution is -0.192. The highest BCUT2D eigenvalue weighted by atomic mass is 19.4. The number of amides is 1. The minimum atomic E-state index is -5.08. The lowest BCUT2D eigenvalue weighted by Crippen LogP contribution is -2.44. The van der Waals surface area contributed by atoms with Crippen molar-refractivity contribution in [3.63, 3.8) is 0 Å². The van der Waals surface area contributed by atoms with Gasteiger partial charge >= 0.3 is 12.1 Å². The predicted molar refractivity (Wildman–Crippen MR) is 136 cm³/mol. The van der Waals surface area contributed by atoms with Crippen molar-refractivity contribution in [3.8, 4) is 0 Å². The van der Waals surface area contributed by atoms with Crippen molar-refractivity contribution in [2.45, 2.75) is 70.8 Å². The Morgan fingerprint density at radius 1 is 1.08 bits per heavy atom. The number of carboxylic acid groups (broad SMARTS) is 1. The lowest BCUT2D eigenvalue weighted by Gasteiger charge is -2.38. The number of benzene rings is 1. The second kappa shape index (κ2) is 10.7. The number of aromatic nitrogens is 2. The Hall–Kier alpha value is -3.21. The molecule has 3 aliphatic heterocycles. The molecule has 6 rings (SSSR count). The lowest BCUT2D eigenvalue weighted by atomic mass is 9.77. The molecule has 4 aliphatic rings.